The van der Waals surface area contributed by atoms with E-state index in [2.05, 4.69) is 25.0 Å². The molecule has 20 heavy (non-hydrogen) atoms. The summed E-state index contributed by atoms with van der Waals surface area (Å²) in [4.78, 5) is 0. The van der Waals surface area contributed by atoms with Crippen LogP contribution in [-0.4, -0.2) is 9.78 Å². The lowest BCUT2D eigenvalue weighted by atomic mass is 10.1. The Morgan fingerprint density at radius 3 is 2.70 bits per heavy atom. The average molecular weight is 292 g/mol. The topological polar surface area (TPSA) is 41.6 Å². The summed E-state index contributed by atoms with van der Waals surface area (Å²) < 4.78 is 14.7. The van der Waals surface area contributed by atoms with Crippen molar-refractivity contribution in [1.29, 1.82) is 5.26 Å². The quantitative estimate of drug-likeness (QED) is 0.856. The zero-order valence-electron chi connectivity index (χ0n) is 11.6. The van der Waals surface area contributed by atoms with E-state index >= 15 is 0 Å². The van der Waals surface area contributed by atoms with Gasteiger partial charge in [0.25, 0.3) is 0 Å². The zero-order valence-corrected chi connectivity index (χ0v) is 12.4. The summed E-state index contributed by atoms with van der Waals surface area (Å²) >= 11 is 6.24. The molecule has 0 saturated carbocycles. The van der Waals surface area contributed by atoms with Crippen LogP contribution in [0.4, 0.5) is 4.39 Å². The molecule has 2 aromatic rings. The average Bonchev–Trinajstić information content (AvgIpc) is 2.65. The Bertz CT molecular complexity index is 683. The van der Waals surface area contributed by atoms with Crippen LogP contribution in [0, 0.1) is 30.0 Å². The Balaban J connectivity index is 2.58. The smallest absolute Gasteiger partial charge is 0.150 e. The normalized spacial score (nSPS) is 10.8. The summed E-state index contributed by atoms with van der Waals surface area (Å²) in [6.45, 7) is 5.89. The van der Waals surface area contributed by atoms with Crippen LogP contribution in [0.25, 0.3) is 5.69 Å². The molecule has 0 aliphatic rings. The molecule has 3 nitrogen and oxygen atoms in total. The molecule has 0 bridgehead atoms. The summed E-state index contributed by atoms with van der Waals surface area (Å²) in [7, 11) is 0. The summed E-state index contributed by atoms with van der Waals surface area (Å²) in [5.74, 6) is 0.0632. The van der Waals surface area contributed by atoms with Gasteiger partial charge in [0.15, 0.2) is 5.15 Å². The minimum absolute atomic E-state index is 0.276. The minimum atomic E-state index is -0.308. The molecule has 0 radical (unpaired) electrons. The standard InChI is InChI=1S/C15H15ClFN3/c1-9(2)6-13-12(8-18)15(16)20(19-13)14-5-4-11(17)7-10(14)3/h4-5,7,9H,6H2,1-3H3. The van der Waals surface area contributed by atoms with E-state index in [1.165, 1.54) is 16.8 Å². The predicted molar refractivity (Wildman–Crippen MR) is 76.5 cm³/mol. The molecule has 0 saturated heterocycles. The molecule has 1 aromatic carbocycles. The maximum atomic E-state index is 13.2. The molecule has 1 heterocycles. The van der Waals surface area contributed by atoms with Crippen molar-refractivity contribution in [2.45, 2.75) is 27.2 Å². The number of aryl methyl sites for hydroxylation is 1. The third-order valence-corrected chi connectivity index (χ3v) is 3.35. The third-order valence-electron chi connectivity index (χ3n) is 3.00. The van der Waals surface area contributed by atoms with Crippen molar-refractivity contribution in [1.82, 2.24) is 9.78 Å². The summed E-state index contributed by atoms with van der Waals surface area (Å²) in [6, 6.07) is 6.49. The molecule has 0 spiro atoms. The SMILES string of the molecule is Cc1cc(F)ccc1-n1nc(CC(C)C)c(C#N)c1Cl. The Kier molecular flexibility index (Phi) is 4.10. The van der Waals surface area contributed by atoms with Crippen molar-refractivity contribution in [3.8, 4) is 11.8 Å². The molecule has 0 N–H and O–H groups in total. The van der Waals surface area contributed by atoms with E-state index in [0.717, 1.165) is 5.56 Å². The van der Waals surface area contributed by atoms with Crippen LogP contribution in [0.2, 0.25) is 5.15 Å². The summed E-state index contributed by atoms with van der Waals surface area (Å²) in [5, 5.41) is 13.9. The molecule has 104 valence electrons. The van der Waals surface area contributed by atoms with Crippen molar-refractivity contribution in [3.05, 3.63) is 46.0 Å². The van der Waals surface area contributed by atoms with Gasteiger partial charge in [-0.2, -0.15) is 10.4 Å². The second-order valence-electron chi connectivity index (χ2n) is 5.16. The van der Waals surface area contributed by atoms with E-state index in [0.29, 0.717) is 29.3 Å². The van der Waals surface area contributed by atoms with Crippen molar-refractivity contribution in [3.63, 3.8) is 0 Å². The second-order valence-corrected chi connectivity index (χ2v) is 5.52. The zero-order chi connectivity index (χ0) is 14.9. The van der Waals surface area contributed by atoms with Gasteiger partial charge in [0.2, 0.25) is 0 Å². The molecule has 0 aliphatic heterocycles. The van der Waals surface area contributed by atoms with Gasteiger partial charge in [-0.05, 0) is 43.0 Å². The van der Waals surface area contributed by atoms with Gasteiger partial charge in [-0.15, -0.1) is 0 Å². The van der Waals surface area contributed by atoms with Gasteiger partial charge < -0.3 is 0 Å². The van der Waals surface area contributed by atoms with Crippen molar-refractivity contribution in [2.24, 2.45) is 5.92 Å². The first-order chi connectivity index (χ1) is 9.43. The van der Waals surface area contributed by atoms with Crippen molar-refractivity contribution >= 4 is 11.6 Å². The molecular weight excluding hydrogens is 277 g/mol. The molecular formula is C15H15ClFN3. The molecule has 0 unspecified atom stereocenters. The van der Waals surface area contributed by atoms with Crippen LogP contribution < -0.4 is 0 Å². The largest absolute Gasteiger partial charge is 0.220 e. The van der Waals surface area contributed by atoms with Crippen LogP contribution in [0.5, 0.6) is 0 Å². The number of rotatable bonds is 3. The maximum absolute atomic E-state index is 13.2. The Labute approximate surface area is 122 Å². The van der Waals surface area contributed by atoms with E-state index in [-0.39, 0.29) is 11.0 Å². The third kappa shape index (κ3) is 2.68. The number of aromatic nitrogens is 2. The van der Waals surface area contributed by atoms with E-state index in [1.807, 2.05) is 0 Å². The highest BCUT2D eigenvalue weighted by molar-refractivity contribution is 6.31. The van der Waals surface area contributed by atoms with E-state index in [9.17, 15) is 9.65 Å². The Hall–Kier alpha value is -1.86. The first kappa shape index (κ1) is 14.5. The number of halogens is 2. The number of hydrogen-bond acceptors (Lipinski definition) is 2. The van der Waals surface area contributed by atoms with Crippen molar-refractivity contribution < 1.29 is 4.39 Å². The van der Waals surface area contributed by atoms with Gasteiger partial charge >= 0.3 is 0 Å². The lowest BCUT2D eigenvalue weighted by Gasteiger charge is -2.07. The molecule has 0 aliphatic carbocycles. The highest BCUT2D eigenvalue weighted by atomic mass is 35.5. The molecule has 0 fully saturated rings. The van der Waals surface area contributed by atoms with Gasteiger partial charge in [-0.25, -0.2) is 9.07 Å². The van der Waals surface area contributed by atoms with Crippen LogP contribution in [0.15, 0.2) is 18.2 Å². The number of nitrogens with zero attached hydrogens (tertiary/aromatic N) is 3. The fraction of sp³-hybridized carbons (Fsp3) is 0.333. The Morgan fingerprint density at radius 2 is 2.15 bits per heavy atom. The van der Waals surface area contributed by atoms with Gasteiger partial charge in [-0.3, -0.25) is 0 Å². The molecule has 1 aromatic heterocycles. The summed E-state index contributed by atoms with van der Waals surface area (Å²) in [5.41, 5.74) is 2.47. The van der Waals surface area contributed by atoms with E-state index in [1.54, 1.807) is 13.0 Å². The fourth-order valence-corrected chi connectivity index (χ4v) is 2.38. The molecule has 0 amide bonds. The molecule has 2 rings (SSSR count). The Morgan fingerprint density at radius 1 is 1.45 bits per heavy atom. The lowest BCUT2D eigenvalue weighted by Crippen LogP contribution is -2.02. The molecule has 0 atom stereocenters. The van der Waals surface area contributed by atoms with Crippen molar-refractivity contribution in [2.75, 3.05) is 0 Å². The lowest BCUT2D eigenvalue weighted by molar-refractivity contribution is 0.622. The first-order valence-corrected chi connectivity index (χ1v) is 6.75. The first-order valence-electron chi connectivity index (χ1n) is 6.38. The predicted octanol–water partition coefficient (Wildman–Crippen LogP) is 4.04. The number of benzene rings is 1. The van der Waals surface area contributed by atoms with Gasteiger partial charge in [0, 0.05) is 0 Å². The second kappa shape index (κ2) is 5.64. The van der Waals surface area contributed by atoms with Crippen LogP contribution in [0.1, 0.15) is 30.7 Å². The summed E-state index contributed by atoms with van der Waals surface area (Å²) in [6.07, 6.45) is 0.676. The molecule has 5 heteroatoms. The van der Waals surface area contributed by atoms with Crippen LogP contribution in [0.3, 0.4) is 0 Å². The van der Waals surface area contributed by atoms with Gasteiger partial charge in [-0.1, -0.05) is 25.4 Å². The maximum Gasteiger partial charge on any atom is 0.150 e. The number of nitriles is 1. The van der Waals surface area contributed by atoms with Crippen LogP contribution in [-0.2, 0) is 6.42 Å². The highest BCUT2D eigenvalue weighted by Crippen LogP contribution is 2.26. The minimum Gasteiger partial charge on any atom is -0.220 e. The monoisotopic (exact) mass is 291 g/mol. The van der Waals surface area contributed by atoms with Gasteiger partial charge in [0.1, 0.15) is 17.4 Å². The highest BCUT2D eigenvalue weighted by Gasteiger charge is 2.19. The number of hydrogen-bond donors (Lipinski definition) is 0. The van der Waals surface area contributed by atoms with Crippen LogP contribution >= 0.6 is 11.6 Å². The fourth-order valence-electron chi connectivity index (χ4n) is 2.10. The van der Waals surface area contributed by atoms with E-state index in [4.69, 9.17) is 11.6 Å². The van der Waals surface area contributed by atoms with Gasteiger partial charge in [0.05, 0.1) is 11.4 Å². The van der Waals surface area contributed by atoms with E-state index < -0.39 is 0 Å².